The van der Waals surface area contributed by atoms with Crippen molar-refractivity contribution in [2.45, 2.75) is 303 Å². The van der Waals surface area contributed by atoms with E-state index >= 15 is 0 Å². The Bertz CT molecular complexity index is 1550. The maximum atomic E-state index is 13.5. The summed E-state index contributed by atoms with van der Waals surface area (Å²) in [7, 11) is 1.47. The van der Waals surface area contributed by atoms with Crippen molar-refractivity contribution in [3.05, 3.63) is 72.9 Å². The van der Waals surface area contributed by atoms with Crippen molar-refractivity contribution in [1.82, 2.24) is 5.32 Å². The van der Waals surface area contributed by atoms with E-state index in [0.29, 0.717) is 23.9 Å². The summed E-state index contributed by atoms with van der Waals surface area (Å²) in [5.41, 5.74) is 0. The number of esters is 1. The van der Waals surface area contributed by atoms with Gasteiger partial charge in [0.15, 0.2) is 0 Å². The lowest BCUT2D eigenvalue weighted by Crippen LogP contribution is -2.47. The van der Waals surface area contributed by atoms with E-state index in [9.17, 15) is 19.0 Å². The molecule has 448 valence electrons. The topological polar surface area (TPSA) is 111 Å². The Morgan fingerprint density at radius 3 is 1.26 bits per heavy atom. The second-order valence-electron chi connectivity index (χ2n) is 22.9. The molecule has 0 bridgehead atoms. The number of quaternary nitrogens is 1. The van der Waals surface area contributed by atoms with Gasteiger partial charge in [0.25, 0.3) is 0 Å². The zero-order chi connectivity index (χ0) is 56.4. The number of nitrogens with zero attached hydrogens (tertiary/aromatic N) is 1. The van der Waals surface area contributed by atoms with Crippen LogP contribution in [0.15, 0.2) is 72.9 Å². The standard InChI is InChI=1S/C67H123N2O7P/c1-7-10-13-16-19-22-25-27-29-31-33-34-36-38-40-42-45-48-51-54-57-60-67(71)76-65(58-55-52-49-46-43-24-21-18-15-12-9-3)64(63-75-77(72,73)74-62-61-69(4,5)6)68-66(70)59-56-53-50-47-44-41-39-37-35-32-30-28-26-23-20-17-14-11-8-2/h11,14,20,23,28,30,35,37,41,44,55,58,64-65H,7-10,12-13,15-19,21-22,24-27,29,31-34,36,38-40,42-43,45-54,56-57,59-63H2,1-6H3,(H-,68,70,72,73)/p+1/b14-11-,23-20-,30-28-,37-35-,44-41-,58-55+. The van der Waals surface area contributed by atoms with Crippen molar-refractivity contribution < 1.29 is 37.3 Å². The number of rotatable bonds is 58. The van der Waals surface area contributed by atoms with Gasteiger partial charge in [0, 0.05) is 12.8 Å². The lowest BCUT2D eigenvalue weighted by molar-refractivity contribution is -0.870. The van der Waals surface area contributed by atoms with Crippen LogP contribution in [-0.4, -0.2) is 74.3 Å². The molecule has 0 aliphatic heterocycles. The van der Waals surface area contributed by atoms with Gasteiger partial charge in [-0.2, -0.15) is 0 Å². The summed E-state index contributed by atoms with van der Waals surface area (Å²) >= 11 is 0. The van der Waals surface area contributed by atoms with Crippen LogP contribution in [0, 0.1) is 0 Å². The number of ether oxygens (including phenoxy) is 1. The molecule has 0 radical (unpaired) electrons. The Morgan fingerprint density at radius 2 is 0.831 bits per heavy atom. The van der Waals surface area contributed by atoms with Crippen molar-refractivity contribution in [1.29, 1.82) is 0 Å². The number of likely N-dealkylation sites (N-methyl/N-ethyl adjacent to an activating group) is 1. The lowest BCUT2D eigenvalue weighted by atomic mass is 10.0. The monoisotopic (exact) mass is 1100 g/mol. The number of amides is 1. The second kappa shape index (κ2) is 56.7. The molecule has 2 N–H and O–H groups in total. The van der Waals surface area contributed by atoms with Gasteiger partial charge < -0.3 is 19.4 Å². The van der Waals surface area contributed by atoms with Crippen molar-refractivity contribution in [2.75, 3.05) is 40.9 Å². The lowest BCUT2D eigenvalue weighted by Gasteiger charge is -2.27. The third-order valence-electron chi connectivity index (χ3n) is 14.2. The Kier molecular flexibility index (Phi) is 54.8. The van der Waals surface area contributed by atoms with Gasteiger partial charge in [-0.05, 0) is 76.7 Å². The molecule has 0 aromatic rings. The summed E-state index contributed by atoms with van der Waals surface area (Å²) in [6.45, 7) is 6.89. The smallest absolute Gasteiger partial charge is 0.456 e. The van der Waals surface area contributed by atoms with Crippen LogP contribution in [0.4, 0.5) is 0 Å². The quantitative estimate of drug-likeness (QED) is 0.0205. The summed E-state index contributed by atoms with van der Waals surface area (Å²) in [5.74, 6) is -0.536. The first kappa shape index (κ1) is 74.5. The van der Waals surface area contributed by atoms with Gasteiger partial charge in [-0.1, -0.05) is 274 Å². The Balaban J connectivity index is 5.20. The fourth-order valence-corrected chi connectivity index (χ4v) is 9.94. The predicted molar refractivity (Wildman–Crippen MR) is 332 cm³/mol. The summed E-state index contributed by atoms with van der Waals surface area (Å²) in [5, 5.41) is 3.04. The van der Waals surface area contributed by atoms with Crippen LogP contribution < -0.4 is 5.32 Å². The van der Waals surface area contributed by atoms with E-state index in [1.54, 1.807) is 0 Å². The van der Waals surface area contributed by atoms with E-state index in [2.05, 4.69) is 86.8 Å². The minimum atomic E-state index is -4.46. The average molecular weight is 1100 g/mol. The van der Waals surface area contributed by atoms with Crippen LogP contribution in [0.3, 0.4) is 0 Å². The second-order valence-corrected chi connectivity index (χ2v) is 24.4. The first-order chi connectivity index (χ1) is 37.4. The average Bonchev–Trinajstić information content (AvgIpc) is 3.39. The van der Waals surface area contributed by atoms with Gasteiger partial charge >= 0.3 is 13.8 Å². The van der Waals surface area contributed by atoms with Gasteiger partial charge in [-0.15, -0.1) is 0 Å². The molecule has 0 saturated carbocycles. The number of hydrogen-bond donors (Lipinski definition) is 2. The molecule has 0 heterocycles. The van der Waals surface area contributed by atoms with E-state index < -0.39 is 20.0 Å². The summed E-state index contributed by atoms with van der Waals surface area (Å²) in [6.07, 6.45) is 73.4. The van der Waals surface area contributed by atoms with Crippen molar-refractivity contribution in [2.24, 2.45) is 0 Å². The normalized spacial score (nSPS) is 14.1. The molecule has 9 nitrogen and oxygen atoms in total. The van der Waals surface area contributed by atoms with Gasteiger partial charge in [-0.3, -0.25) is 18.6 Å². The van der Waals surface area contributed by atoms with E-state index in [0.717, 1.165) is 89.9 Å². The molecular weight excluding hydrogens is 976 g/mol. The number of carbonyl (C=O) groups excluding carboxylic acids is 2. The molecule has 0 fully saturated rings. The molecule has 0 spiro atoms. The molecule has 3 atom stereocenters. The number of phosphoric acid groups is 1. The van der Waals surface area contributed by atoms with Crippen LogP contribution in [0.25, 0.3) is 0 Å². The Morgan fingerprint density at radius 1 is 0.468 bits per heavy atom. The van der Waals surface area contributed by atoms with Crippen LogP contribution in [0.2, 0.25) is 0 Å². The van der Waals surface area contributed by atoms with E-state index in [-0.39, 0.29) is 31.5 Å². The number of carbonyl (C=O) groups is 2. The molecule has 77 heavy (non-hydrogen) atoms. The Hall–Kier alpha value is -2.55. The molecule has 0 aromatic heterocycles. The minimum Gasteiger partial charge on any atom is -0.456 e. The summed E-state index contributed by atoms with van der Waals surface area (Å²) < 4.78 is 30.7. The highest BCUT2D eigenvalue weighted by atomic mass is 31.2. The Labute approximate surface area is 476 Å². The zero-order valence-electron chi connectivity index (χ0n) is 51.2. The van der Waals surface area contributed by atoms with Crippen LogP contribution in [0.1, 0.15) is 290 Å². The van der Waals surface area contributed by atoms with Crippen LogP contribution in [-0.2, 0) is 27.9 Å². The largest absolute Gasteiger partial charge is 0.472 e. The molecular formula is C67H124N2O7P+. The highest BCUT2D eigenvalue weighted by Gasteiger charge is 2.30. The third kappa shape index (κ3) is 57.9. The fourth-order valence-electron chi connectivity index (χ4n) is 9.20. The molecule has 0 aliphatic carbocycles. The first-order valence-corrected chi connectivity index (χ1v) is 33.8. The fraction of sp³-hybridized carbons (Fsp3) is 0.791. The molecule has 0 saturated heterocycles. The molecule has 3 unspecified atom stereocenters. The molecule has 10 heteroatoms. The molecule has 0 rings (SSSR count). The number of nitrogens with one attached hydrogen (secondary N) is 1. The maximum Gasteiger partial charge on any atom is 0.472 e. The molecule has 1 amide bonds. The minimum absolute atomic E-state index is 0.0322. The van der Waals surface area contributed by atoms with Gasteiger partial charge in [0.05, 0.1) is 33.8 Å². The van der Waals surface area contributed by atoms with E-state index in [1.165, 1.54) is 161 Å². The highest BCUT2D eigenvalue weighted by Crippen LogP contribution is 2.43. The van der Waals surface area contributed by atoms with E-state index in [1.807, 2.05) is 33.3 Å². The van der Waals surface area contributed by atoms with Crippen molar-refractivity contribution in [3.8, 4) is 0 Å². The first-order valence-electron chi connectivity index (χ1n) is 32.3. The molecule has 0 aliphatic rings. The van der Waals surface area contributed by atoms with Gasteiger partial charge in [-0.25, -0.2) is 4.57 Å². The summed E-state index contributed by atoms with van der Waals surface area (Å²) in [6, 6.07) is -0.866. The number of allylic oxidation sites excluding steroid dienone is 11. The zero-order valence-corrected chi connectivity index (χ0v) is 52.1. The van der Waals surface area contributed by atoms with E-state index in [4.69, 9.17) is 13.8 Å². The highest BCUT2D eigenvalue weighted by molar-refractivity contribution is 7.47. The van der Waals surface area contributed by atoms with Gasteiger partial charge in [0.2, 0.25) is 5.91 Å². The maximum absolute atomic E-state index is 13.5. The van der Waals surface area contributed by atoms with Crippen molar-refractivity contribution in [3.63, 3.8) is 0 Å². The third-order valence-corrected chi connectivity index (χ3v) is 15.1. The number of hydrogen-bond acceptors (Lipinski definition) is 6. The van der Waals surface area contributed by atoms with Crippen molar-refractivity contribution >= 4 is 19.7 Å². The molecule has 0 aromatic carbocycles. The number of unbranched alkanes of at least 4 members (excludes halogenated alkanes) is 32. The van der Waals surface area contributed by atoms with Crippen LogP contribution in [0.5, 0.6) is 0 Å². The number of phosphoric ester groups is 1. The summed E-state index contributed by atoms with van der Waals surface area (Å²) in [4.78, 5) is 37.7. The SMILES string of the molecule is CC/C=C\C/C=C\C/C=C\C/C=C\C/C=C\CCCCCC(=O)NC(COP(=O)(O)OCC[N+](C)(C)C)C(/C=C/CCCCCCCCCCC)OC(=O)CCCCCCCCCCCCCCCCCCCCCCC. The predicted octanol–water partition coefficient (Wildman–Crippen LogP) is 20.0. The van der Waals surface area contributed by atoms with Crippen LogP contribution >= 0.6 is 7.82 Å². The van der Waals surface area contributed by atoms with Gasteiger partial charge in [0.1, 0.15) is 19.3 Å².